The van der Waals surface area contributed by atoms with Gasteiger partial charge in [-0.1, -0.05) is 0 Å². The summed E-state index contributed by atoms with van der Waals surface area (Å²) in [6, 6.07) is 0.380. The van der Waals surface area contributed by atoms with Crippen LogP contribution in [-0.4, -0.2) is 47.8 Å². The summed E-state index contributed by atoms with van der Waals surface area (Å²) in [5.41, 5.74) is -0.437. The summed E-state index contributed by atoms with van der Waals surface area (Å²) < 4.78 is 5.52. The zero-order valence-electron chi connectivity index (χ0n) is 12.5. The first-order valence-electron chi connectivity index (χ1n) is 6.90. The third-order valence-electron chi connectivity index (χ3n) is 3.63. The van der Waals surface area contributed by atoms with Gasteiger partial charge in [0.2, 0.25) is 0 Å². The molecule has 2 fully saturated rings. The van der Waals surface area contributed by atoms with Crippen molar-refractivity contribution in [3.8, 4) is 0 Å². The number of piperidine rings is 1. The molecular formula is C14H25N3O2. The van der Waals surface area contributed by atoms with Crippen molar-refractivity contribution in [2.45, 2.75) is 51.4 Å². The van der Waals surface area contributed by atoms with Crippen LogP contribution in [0.3, 0.4) is 0 Å². The number of fused-ring (bicyclic) bond motifs is 1. The van der Waals surface area contributed by atoms with E-state index in [-0.39, 0.29) is 12.3 Å². The monoisotopic (exact) mass is 267 g/mol. The van der Waals surface area contributed by atoms with Crippen LogP contribution >= 0.6 is 0 Å². The van der Waals surface area contributed by atoms with Crippen LogP contribution in [0.25, 0.3) is 0 Å². The second-order valence-electron chi connectivity index (χ2n) is 6.44. The van der Waals surface area contributed by atoms with Crippen LogP contribution in [0.5, 0.6) is 0 Å². The predicted molar refractivity (Wildman–Crippen MR) is 74.3 cm³/mol. The summed E-state index contributed by atoms with van der Waals surface area (Å²) >= 11 is 0. The van der Waals surface area contributed by atoms with Crippen LogP contribution < -0.4 is 5.32 Å². The Bertz CT molecular complexity index is 375. The molecule has 0 radical (unpaired) electrons. The summed E-state index contributed by atoms with van der Waals surface area (Å²) in [6.07, 6.45) is 5.92. The number of amides is 1. The summed E-state index contributed by atoms with van der Waals surface area (Å²) in [6.45, 7) is 5.72. The van der Waals surface area contributed by atoms with Gasteiger partial charge in [-0.05, 0) is 39.5 Å². The minimum Gasteiger partial charge on any atom is -0.444 e. The lowest BCUT2D eigenvalue weighted by Crippen LogP contribution is -2.47. The van der Waals surface area contributed by atoms with Crippen LogP contribution in [-0.2, 0) is 4.74 Å². The van der Waals surface area contributed by atoms with E-state index in [1.54, 1.807) is 0 Å². The number of ether oxygens (including phenoxy) is 1. The molecule has 0 aromatic rings. The van der Waals surface area contributed by atoms with Crippen molar-refractivity contribution in [2.75, 3.05) is 14.1 Å². The van der Waals surface area contributed by atoms with Crippen LogP contribution in [0.2, 0.25) is 0 Å². The molecule has 1 unspecified atom stereocenters. The van der Waals surface area contributed by atoms with E-state index in [4.69, 9.17) is 4.74 Å². The molecule has 1 saturated carbocycles. The largest absolute Gasteiger partial charge is 0.444 e. The maximum Gasteiger partial charge on any atom is 0.412 e. The number of nitrogens with zero attached hydrogens (tertiary/aromatic N) is 2. The Hall–Kier alpha value is -1.39. The molecule has 1 amide bonds. The smallest absolute Gasteiger partial charge is 0.412 e. The Morgan fingerprint density at radius 3 is 2.68 bits per heavy atom. The highest BCUT2D eigenvalue weighted by atomic mass is 16.6. The molecule has 5 heteroatoms. The minimum atomic E-state index is -0.437. The Kier molecular flexibility index (Phi) is 3.65. The fourth-order valence-corrected chi connectivity index (χ4v) is 2.66. The van der Waals surface area contributed by atoms with Crippen molar-refractivity contribution < 1.29 is 9.53 Å². The highest BCUT2D eigenvalue weighted by Gasteiger charge is 2.55. The van der Waals surface area contributed by atoms with Gasteiger partial charge in [-0.15, -0.1) is 0 Å². The Labute approximate surface area is 115 Å². The van der Waals surface area contributed by atoms with Crippen LogP contribution in [0.15, 0.2) is 12.4 Å². The molecule has 0 aromatic carbocycles. The van der Waals surface area contributed by atoms with Crippen molar-refractivity contribution in [3.63, 3.8) is 0 Å². The van der Waals surface area contributed by atoms with Crippen molar-refractivity contribution in [3.05, 3.63) is 12.4 Å². The zero-order valence-corrected chi connectivity index (χ0v) is 12.5. The quantitative estimate of drug-likeness (QED) is 0.849. The van der Waals surface area contributed by atoms with Gasteiger partial charge in [0.05, 0.1) is 0 Å². The molecule has 2 rings (SSSR count). The lowest BCUT2D eigenvalue weighted by atomic mass is 10.2. The number of rotatable bonds is 3. The van der Waals surface area contributed by atoms with E-state index in [0.29, 0.717) is 12.0 Å². The van der Waals surface area contributed by atoms with E-state index in [1.165, 1.54) is 0 Å². The lowest BCUT2D eigenvalue weighted by Gasteiger charge is -2.35. The topological polar surface area (TPSA) is 44.8 Å². The molecule has 1 aliphatic carbocycles. The van der Waals surface area contributed by atoms with Crippen molar-refractivity contribution in [1.82, 2.24) is 15.1 Å². The predicted octanol–water partition coefficient (Wildman–Crippen LogP) is 1.96. The van der Waals surface area contributed by atoms with Crippen molar-refractivity contribution in [1.29, 1.82) is 0 Å². The first kappa shape index (κ1) is 14.0. The van der Waals surface area contributed by atoms with E-state index in [1.807, 2.05) is 52.2 Å². The van der Waals surface area contributed by atoms with Gasteiger partial charge in [0.15, 0.2) is 0 Å². The van der Waals surface area contributed by atoms with Gasteiger partial charge in [0, 0.05) is 32.5 Å². The van der Waals surface area contributed by atoms with Gasteiger partial charge < -0.3 is 15.0 Å². The molecule has 0 aromatic heterocycles. The van der Waals surface area contributed by atoms with E-state index < -0.39 is 5.60 Å². The third kappa shape index (κ3) is 3.14. The molecule has 1 heterocycles. The van der Waals surface area contributed by atoms with E-state index in [2.05, 4.69) is 10.2 Å². The van der Waals surface area contributed by atoms with Gasteiger partial charge in [-0.3, -0.25) is 4.90 Å². The second-order valence-corrected chi connectivity index (χ2v) is 6.44. The molecule has 1 N–H and O–H groups in total. The van der Waals surface area contributed by atoms with E-state index in [9.17, 15) is 4.79 Å². The standard InChI is InChI=1S/C14H25N3O2/c1-14(2,3)19-13(18)17-11-8-10(11)9-12(17)16(5)7-6-15-4/h6-7,10-12,15H,8-9H2,1-5H3/b7-6-/t10-,11-,12?/m1/s1. The van der Waals surface area contributed by atoms with Gasteiger partial charge >= 0.3 is 6.09 Å². The number of carbonyl (C=O) groups excluding carboxylic acids is 1. The fraction of sp³-hybridized carbons (Fsp3) is 0.786. The van der Waals surface area contributed by atoms with Crippen molar-refractivity contribution >= 4 is 6.09 Å². The molecule has 0 spiro atoms. The molecule has 1 aliphatic heterocycles. The molecule has 5 nitrogen and oxygen atoms in total. The molecule has 1 saturated heterocycles. The minimum absolute atomic E-state index is 0.114. The van der Waals surface area contributed by atoms with Gasteiger partial charge in [0.1, 0.15) is 11.8 Å². The first-order chi connectivity index (χ1) is 8.83. The Morgan fingerprint density at radius 2 is 2.11 bits per heavy atom. The highest BCUT2D eigenvalue weighted by Crippen LogP contribution is 2.48. The molecule has 2 aliphatic rings. The van der Waals surface area contributed by atoms with Gasteiger partial charge in [0.25, 0.3) is 0 Å². The van der Waals surface area contributed by atoms with Crippen molar-refractivity contribution in [2.24, 2.45) is 5.92 Å². The fourth-order valence-electron chi connectivity index (χ4n) is 2.66. The third-order valence-corrected chi connectivity index (χ3v) is 3.63. The summed E-state index contributed by atoms with van der Waals surface area (Å²) in [4.78, 5) is 16.3. The highest BCUT2D eigenvalue weighted by molar-refractivity contribution is 5.70. The number of likely N-dealkylation sites (tertiary alicyclic amines) is 1. The normalized spacial score (nSPS) is 29.3. The number of nitrogens with one attached hydrogen (secondary N) is 1. The van der Waals surface area contributed by atoms with Gasteiger partial charge in [-0.2, -0.15) is 0 Å². The lowest BCUT2D eigenvalue weighted by molar-refractivity contribution is 0.00468. The molecule has 3 atom stereocenters. The number of carbonyl (C=O) groups is 1. The van der Waals surface area contributed by atoms with E-state index >= 15 is 0 Å². The number of hydrogen-bond acceptors (Lipinski definition) is 4. The van der Waals surface area contributed by atoms with Crippen LogP contribution in [0.1, 0.15) is 33.6 Å². The zero-order chi connectivity index (χ0) is 14.2. The summed E-state index contributed by atoms with van der Waals surface area (Å²) in [5, 5.41) is 2.97. The molecule has 19 heavy (non-hydrogen) atoms. The SMILES string of the molecule is CN/C=C\N(C)C1C[C@H]2C[C@H]2N1C(=O)OC(C)(C)C. The average molecular weight is 267 g/mol. The van der Waals surface area contributed by atoms with E-state index in [0.717, 1.165) is 12.8 Å². The summed E-state index contributed by atoms with van der Waals surface area (Å²) in [5.74, 6) is 0.656. The summed E-state index contributed by atoms with van der Waals surface area (Å²) in [7, 11) is 3.86. The second kappa shape index (κ2) is 4.94. The van der Waals surface area contributed by atoms with Gasteiger partial charge in [-0.25, -0.2) is 4.79 Å². The van der Waals surface area contributed by atoms with Crippen LogP contribution in [0, 0.1) is 5.92 Å². The average Bonchev–Trinajstić information content (AvgIpc) is 2.94. The molecule has 108 valence electrons. The van der Waals surface area contributed by atoms with Crippen LogP contribution in [0.4, 0.5) is 4.79 Å². The maximum atomic E-state index is 12.3. The Morgan fingerprint density at radius 1 is 1.42 bits per heavy atom. The first-order valence-corrected chi connectivity index (χ1v) is 6.90. The molecular weight excluding hydrogens is 242 g/mol. The molecule has 0 bridgehead atoms. The Balaban J connectivity index is 2.04. The number of hydrogen-bond donors (Lipinski definition) is 1. The maximum absolute atomic E-state index is 12.3.